The van der Waals surface area contributed by atoms with Gasteiger partial charge in [-0.05, 0) is 6.67 Å². The molecule has 0 atom stereocenters. The molecule has 0 saturated carbocycles. The molecule has 0 aromatic heterocycles. The van der Waals surface area contributed by atoms with E-state index in [1.54, 1.807) is 24.3 Å². The number of hydrogen-bond acceptors (Lipinski definition) is 0. The fourth-order valence-electron chi connectivity index (χ4n) is 0.526. The van der Waals surface area contributed by atoms with Crippen molar-refractivity contribution in [1.82, 2.24) is 0 Å². The van der Waals surface area contributed by atoms with Gasteiger partial charge in [-0.15, -0.1) is 24.5 Å². The standard InChI is InChI=1S/C7H6F.ClH.Zn/c8-6-7-4-2-1-3-5-7;;/h1-6H;1H;/q-1;;. The Balaban J connectivity index is 0. The second kappa shape index (κ2) is 7.05. The summed E-state index contributed by atoms with van der Waals surface area (Å²) in [4.78, 5) is 0. The van der Waals surface area contributed by atoms with Gasteiger partial charge in [0.15, 0.2) is 0 Å². The number of benzene rings is 1. The van der Waals surface area contributed by atoms with E-state index in [2.05, 4.69) is 0 Å². The summed E-state index contributed by atoms with van der Waals surface area (Å²) in [6.45, 7) is 0.583. The molecule has 3 heteroatoms. The maximum absolute atomic E-state index is 11.6. The molecule has 0 nitrogen and oxygen atoms in total. The number of halogens is 2. The van der Waals surface area contributed by atoms with Gasteiger partial charge in [0.1, 0.15) is 0 Å². The van der Waals surface area contributed by atoms with Gasteiger partial charge < -0.3 is 0 Å². The van der Waals surface area contributed by atoms with Crippen molar-refractivity contribution in [2.24, 2.45) is 0 Å². The zero-order chi connectivity index (χ0) is 5.82. The van der Waals surface area contributed by atoms with Crippen molar-refractivity contribution in [1.29, 1.82) is 0 Å². The molecule has 0 aliphatic carbocycles. The van der Waals surface area contributed by atoms with Crippen LogP contribution in [-0.4, -0.2) is 0 Å². The van der Waals surface area contributed by atoms with Crippen LogP contribution in [0.2, 0.25) is 0 Å². The van der Waals surface area contributed by atoms with E-state index in [1.807, 2.05) is 6.07 Å². The van der Waals surface area contributed by atoms with Crippen molar-refractivity contribution in [2.75, 3.05) is 0 Å². The second-order valence-electron chi connectivity index (χ2n) is 1.52. The van der Waals surface area contributed by atoms with Crippen molar-refractivity contribution >= 4 is 12.4 Å². The molecule has 0 saturated heterocycles. The molecule has 1 aromatic rings. The summed E-state index contributed by atoms with van der Waals surface area (Å²) in [5.41, 5.74) is 0.618. The Morgan fingerprint density at radius 3 is 1.90 bits per heavy atom. The van der Waals surface area contributed by atoms with Gasteiger partial charge in [0, 0.05) is 19.5 Å². The SMILES string of the molecule is Cl.F[CH-]c1ccccc1.[Zn]. The van der Waals surface area contributed by atoms with Gasteiger partial charge in [-0.25, -0.2) is 0 Å². The van der Waals surface area contributed by atoms with E-state index in [0.717, 1.165) is 0 Å². The molecule has 0 heterocycles. The Kier molecular flexibility index (Phi) is 8.87. The van der Waals surface area contributed by atoms with Crippen molar-refractivity contribution < 1.29 is 23.9 Å². The Hall–Kier alpha value is -0.0666. The topological polar surface area (TPSA) is 0 Å². The minimum atomic E-state index is 0. The van der Waals surface area contributed by atoms with Gasteiger partial charge in [0.05, 0.1) is 0 Å². The molecule has 0 bridgehead atoms. The fraction of sp³-hybridized carbons (Fsp3) is 0. The van der Waals surface area contributed by atoms with E-state index in [-0.39, 0.29) is 31.9 Å². The van der Waals surface area contributed by atoms with Crippen LogP contribution in [0, 0.1) is 6.67 Å². The molecular formula is C7H7ClFZn-. The molecule has 0 N–H and O–H groups in total. The summed E-state index contributed by atoms with van der Waals surface area (Å²) in [6.07, 6.45) is 0. The van der Waals surface area contributed by atoms with Gasteiger partial charge in [-0.1, -0.05) is 6.07 Å². The third-order valence-corrected chi connectivity index (χ3v) is 0.926. The molecule has 0 spiro atoms. The molecule has 0 radical (unpaired) electrons. The van der Waals surface area contributed by atoms with E-state index in [1.165, 1.54) is 0 Å². The molecule has 1 aromatic carbocycles. The molecule has 52 valence electrons. The van der Waals surface area contributed by atoms with Gasteiger partial charge in [-0.2, -0.15) is 17.7 Å². The van der Waals surface area contributed by atoms with Crippen LogP contribution in [-0.2, 0) is 19.5 Å². The first-order valence-corrected chi connectivity index (χ1v) is 2.42. The minimum absolute atomic E-state index is 0. The van der Waals surface area contributed by atoms with Crippen LogP contribution in [0.15, 0.2) is 30.3 Å². The summed E-state index contributed by atoms with van der Waals surface area (Å²) in [6, 6.07) is 8.86. The van der Waals surface area contributed by atoms with Crippen LogP contribution in [0.25, 0.3) is 0 Å². The Morgan fingerprint density at radius 2 is 1.60 bits per heavy atom. The number of hydrogen-bond donors (Lipinski definition) is 0. The van der Waals surface area contributed by atoms with E-state index >= 15 is 0 Å². The fourth-order valence-corrected chi connectivity index (χ4v) is 0.526. The zero-order valence-electron chi connectivity index (χ0n) is 5.46. The third kappa shape index (κ3) is 3.87. The summed E-state index contributed by atoms with van der Waals surface area (Å²) in [5, 5.41) is 0. The smallest absolute Gasteiger partial charge is 0 e. The molecule has 1 rings (SSSR count). The Labute approximate surface area is 79.0 Å². The maximum Gasteiger partial charge on any atom is 0 e. The summed E-state index contributed by atoms with van der Waals surface area (Å²) in [7, 11) is 0. The summed E-state index contributed by atoms with van der Waals surface area (Å²) >= 11 is 0. The second-order valence-corrected chi connectivity index (χ2v) is 1.52. The average Bonchev–Trinajstić information content (AvgIpc) is 1.90. The molecule has 0 aliphatic heterocycles. The predicted octanol–water partition coefficient (Wildman–Crippen LogP) is 2.59. The summed E-state index contributed by atoms with van der Waals surface area (Å²) < 4.78 is 11.6. The van der Waals surface area contributed by atoms with E-state index < -0.39 is 0 Å². The van der Waals surface area contributed by atoms with Crippen LogP contribution < -0.4 is 0 Å². The van der Waals surface area contributed by atoms with E-state index in [0.29, 0.717) is 12.2 Å². The van der Waals surface area contributed by atoms with Crippen molar-refractivity contribution in [2.45, 2.75) is 0 Å². The zero-order valence-corrected chi connectivity index (χ0v) is 9.24. The van der Waals surface area contributed by atoms with Crippen molar-refractivity contribution in [3.63, 3.8) is 0 Å². The molecular weight excluding hydrogens is 204 g/mol. The average molecular weight is 211 g/mol. The quantitative estimate of drug-likeness (QED) is 0.494. The molecule has 0 unspecified atom stereocenters. The first-order valence-electron chi connectivity index (χ1n) is 2.42. The van der Waals surface area contributed by atoms with Crippen molar-refractivity contribution in [3.05, 3.63) is 42.6 Å². The third-order valence-electron chi connectivity index (χ3n) is 0.926. The monoisotopic (exact) mass is 209 g/mol. The minimum Gasteiger partial charge on any atom is -0.292 e. The van der Waals surface area contributed by atoms with Gasteiger partial charge in [-0.3, -0.25) is 4.39 Å². The molecule has 0 fully saturated rings. The van der Waals surface area contributed by atoms with Gasteiger partial charge in [0.2, 0.25) is 0 Å². The number of rotatable bonds is 1. The largest absolute Gasteiger partial charge is 0.292 e. The Bertz CT molecular complexity index is 155. The van der Waals surface area contributed by atoms with Crippen LogP contribution in [0.5, 0.6) is 0 Å². The Morgan fingerprint density at radius 1 is 1.10 bits per heavy atom. The molecule has 0 amide bonds. The van der Waals surface area contributed by atoms with E-state index in [4.69, 9.17) is 0 Å². The van der Waals surface area contributed by atoms with Crippen LogP contribution in [0.3, 0.4) is 0 Å². The van der Waals surface area contributed by atoms with Gasteiger partial charge in [0.25, 0.3) is 0 Å². The summed E-state index contributed by atoms with van der Waals surface area (Å²) in [5.74, 6) is 0. The van der Waals surface area contributed by atoms with Gasteiger partial charge >= 0.3 is 0 Å². The van der Waals surface area contributed by atoms with Crippen LogP contribution in [0.4, 0.5) is 4.39 Å². The first kappa shape index (κ1) is 12.6. The first-order chi connectivity index (χ1) is 3.93. The van der Waals surface area contributed by atoms with Crippen LogP contribution >= 0.6 is 12.4 Å². The van der Waals surface area contributed by atoms with Crippen LogP contribution in [0.1, 0.15) is 5.56 Å². The normalized spacial score (nSPS) is 6.90. The molecule has 0 aliphatic rings. The van der Waals surface area contributed by atoms with E-state index in [9.17, 15) is 4.39 Å². The predicted molar refractivity (Wildman–Crippen MR) is 38.2 cm³/mol. The maximum atomic E-state index is 11.6. The van der Waals surface area contributed by atoms with Crippen molar-refractivity contribution in [3.8, 4) is 0 Å². The molecule has 10 heavy (non-hydrogen) atoms.